The van der Waals surface area contributed by atoms with Crippen molar-refractivity contribution in [3.63, 3.8) is 0 Å². The lowest BCUT2D eigenvalue weighted by atomic mass is 10.1. The molecule has 2 N–H and O–H groups in total. The highest BCUT2D eigenvalue weighted by Gasteiger charge is 2.11. The van der Waals surface area contributed by atoms with Gasteiger partial charge in [-0.05, 0) is 50.1 Å². The van der Waals surface area contributed by atoms with Crippen LogP contribution >= 0.6 is 0 Å². The predicted octanol–water partition coefficient (Wildman–Crippen LogP) is 2.81. The van der Waals surface area contributed by atoms with Gasteiger partial charge in [0.2, 0.25) is 0 Å². The van der Waals surface area contributed by atoms with Crippen molar-refractivity contribution in [1.82, 2.24) is 20.2 Å². The Bertz CT molecular complexity index is 1170. The molecule has 0 saturated heterocycles. The smallest absolute Gasteiger partial charge is 0.191 e. The molecule has 8 heteroatoms. The number of aryl methyl sites for hydroxylation is 2. The van der Waals surface area contributed by atoms with Crippen molar-refractivity contribution < 1.29 is 8.42 Å². The molecule has 1 aromatic heterocycles. The van der Waals surface area contributed by atoms with E-state index in [1.807, 2.05) is 51.1 Å². The van der Waals surface area contributed by atoms with Gasteiger partial charge in [-0.25, -0.2) is 18.4 Å². The molecule has 7 nitrogen and oxygen atoms in total. The summed E-state index contributed by atoms with van der Waals surface area (Å²) in [5.41, 5.74) is 3.84. The Morgan fingerprint density at radius 3 is 2.60 bits per heavy atom. The molecule has 0 aliphatic heterocycles. The monoisotopic (exact) mass is 427 g/mol. The van der Waals surface area contributed by atoms with Gasteiger partial charge in [-0.1, -0.05) is 24.3 Å². The van der Waals surface area contributed by atoms with Crippen molar-refractivity contribution in [3.05, 3.63) is 59.4 Å². The van der Waals surface area contributed by atoms with E-state index in [0.717, 1.165) is 47.0 Å². The molecule has 0 fully saturated rings. The van der Waals surface area contributed by atoms with Crippen LogP contribution in [0.4, 0.5) is 0 Å². The quantitative estimate of drug-likeness (QED) is 0.447. The molecule has 3 aromatic rings. The lowest BCUT2D eigenvalue weighted by Crippen LogP contribution is -2.38. The van der Waals surface area contributed by atoms with Gasteiger partial charge < -0.3 is 15.2 Å². The zero-order valence-electron chi connectivity index (χ0n) is 17.9. The number of hydrogen-bond donors (Lipinski definition) is 2. The van der Waals surface area contributed by atoms with E-state index in [4.69, 9.17) is 0 Å². The maximum absolute atomic E-state index is 11.8. The fourth-order valence-electron chi connectivity index (χ4n) is 3.50. The summed E-state index contributed by atoms with van der Waals surface area (Å²) in [5, 5.41) is 6.62. The number of guanidine groups is 1. The Kier molecular flexibility index (Phi) is 6.77. The highest BCUT2D eigenvalue weighted by molar-refractivity contribution is 7.90. The van der Waals surface area contributed by atoms with Gasteiger partial charge in [0.15, 0.2) is 15.8 Å². The minimum Gasteiger partial charge on any atom is -0.357 e. The molecule has 0 spiro atoms. The molecule has 0 aliphatic carbocycles. The number of fused-ring (bicyclic) bond motifs is 1. The number of aromatic nitrogens is 2. The first-order valence-corrected chi connectivity index (χ1v) is 11.9. The molecule has 2 aromatic carbocycles. The molecule has 1 heterocycles. The number of sulfone groups is 1. The van der Waals surface area contributed by atoms with Crippen molar-refractivity contribution in [2.24, 2.45) is 4.99 Å². The standard InChI is InChI=1S/C22H29N5O2S/c1-5-23-22(25-15-18-10-11-21(16(2)14-18)30(4,28)29)24-12-13-27-17(3)26-19-8-6-7-9-20(19)27/h6-11,14H,5,12-13,15H2,1-4H3,(H2,23,24,25). The summed E-state index contributed by atoms with van der Waals surface area (Å²) in [6.07, 6.45) is 1.23. The minimum atomic E-state index is -3.21. The van der Waals surface area contributed by atoms with Crippen molar-refractivity contribution in [2.45, 2.75) is 38.8 Å². The normalized spacial score (nSPS) is 12.3. The first kappa shape index (κ1) is 21.8. The number of para-hydroxylation sites is 2. The largest absolute Gasteiger partial charge is 0.357 e. The van der Waals surface area contributed by atoms with Crippen LogP contribution in [-0.4, -0.2) is 43.3 Å². The molecule has 0 saturated carbocycles. The fourth-order valence-corrected chi connectivity index (χ4v) is 4.46. The van der Waals surface area contributed by atoms with E-state index in [9.17, 15) is 8.42 Å². The highest BCUT2D eigenvalue weighted by atomic mass is 32.2. The summed E-state index contributed by atoms with van der Waals surface area (Å²) in [4.78, 5) is 9.61. The fraction of sp³-hybridized carbons (Fsp3) is 0.364. The molecular formula is C22H29N5O2S. The number of rotatable bonds is 7. The van der Waals surface area contributed by atoms with Gasteiger partial charge in [-0.2, -0.15) is 0 Å². The van der Waals surface area contributed by atoms with Crippen LogP contribution in [-0.2, 0) is 22.9 Å². The van der Waals surface area contributed by atoms with Gasteiger partial charge >= 0.3 is 0 Å². The number of nitrogens with zero attached hydrogens (tertiary/aromatic N) is 3. The maximum Gasteiger partial charge on any atom is 0.191 e. The summed E-state index contributed by atoms with van der Waals surface area (Å²) >= 11 is 0. The zero-order chi connectivity index (χ0) is 21.7. The maximum atomic E-state index is 11.8. The lowest BCUT2D eigenvalue weighted by Gasteiger charge is -2.13. The van der Waals surface area contributed by atoms with Gasteiger partial charge in [0.1, 0.15) is 5.82 Å². The summed E-state index contributed by atoms with van der Waals surface area (Å²) in [7, 11) is -3.21. The highest BCUT2D eigenvalue weighted by Crippen LogP contribution is 2.17. The molecule has 0 amide bonds. The van der Waals surface area contributed by atoms with Crippen LogP contribution in [0.1, 0.15) is 23.9 Å². The summed E-state index contributed by atoms with van der Waals surface area (Å²) in [5.74, 6) is 1.71. The van der Waals surface area contributed by atoms with Crippen LogP contribution < -0.4 is 10.6 Å². The first-order chi connectivity index (χ1) is 14.3. The van der Waals surface area contributed by atoms with Crippen LogP contribution in [0.15, 0.2) is 52.4 Å². The van der Waals surface area contributed by atoms with Gasteiger partial charge in [0.05, 0.1) is 22.5 Å². The Morgan fingerprint density at radius 1 is 1.13 bits per heavy atom. The predicted molar refractivity (Wildman–Crippen MR) is 122 cm³/mol. The second kappa shape index (κ2) is 9.30. The van der Waals surface area contributed by atoms with E-state index in [0.29, 0.717) is 18.0 Å². The summed E-state index contributed by atoms with van der Waals surface area (Å²) in [6.45, 7) is 8.55. The Labute approximate surface area is 178 Å². The van der Waals surface area contributed by atoms with E-state index in [1.165, 1.54) is 6.26 Å². The first-order valence-electron chi connectivity index (χ1n) is 10.0. The average Bonchev–Trinajstić information content (AvgIpc) is 3.00. The number of imidazole rings is 1. The zero-order valence-corrected chi connectivity index (χ0v) is 18.8. The third-order valence-electron chi connectivity index (χ3n) is 4.88. The van der Waals surface area contributed by atoms with E-state index >= 15 is 0 Å². The molecule has 0 aliphatic rings. The molecular weight excluding hydrogens is 398 g/mol. The lowest BCUT2D eigenvalue weighted by molar-refractivity contribution is 0.601. The van der Waals surface area contributed by atoms with Crippen molar-refractivity contribution >= 4 is 26.8 Å². The Hall–Kier alpha value is -2.87. The number of benzene rings is 2. The van der Waals surface area contributed by atoms with E-state index < -0.39 is 9.84 Å². The van der Waals surface area contributed by atoms with Crippen LogP contribution in [0.2, 0.25) is 0 Å². The molecule has 160 valence electrons. The topological polar surface area (TPSA) is 88.4 Å². The summed E-state index contributed by atoms with van der Waals surface area (Å²) in [6, 6.07) is 13.5. The molecule has 0 radical (unpaired) electrons. The van der Waals surface area contributed by atoms with Gasteiger partial charge in [-0.15, -0.1) is 0 Å². The van der Waals surface area contributed by atoms with Gasteiger partial charge in [0, 0.05) is 25.9 Å². The van der Waals surface area contributed by atoms with Crippen LogP contribution in [0.3, 0.4) is 0 Å². The van der Waals surface area contributed by atoms with Gasteiger partial charge in [-0.3, -0.25) is 0 Å². The van der Waals surface area contributed by atoms with Crippen molar-refractivity contribution in [1.29, 1.82) is 0 Å². The van der Waals surface area contributed by atoms with E-state index in [2.05, 4.69) is 31.2 Å². The minimum absolute atomic E-state index is 0.364. The molecule has 3 rings (SSSR count). The molecule has 30 heavy (non-hydrogen) atoms. The Morgan fingerprint density at radius 2 is 1.90 bits per heavy atom. The summed E-state index contributed by atoms with van der Waals surface area (Å²) < 4.78 is 25.8. The number of aliphatic imine (C=N–C) groups is 1. The number of nitrogens with one attached hydrogen (secondary N) is 2. The molecule has 0 atom stereocenters. The van der Waals surface area contributed by atoms with Crippen molar-refractivity contribution in [3.8, 4) is 0 Å². The number of hydrogen-bond acceptors (Lipinski definition) is 4. The Balaban J connectivity index is 1.66. The van der Waals surface area contributed by atoms with Crippen LogP contribution in [0.25, 0.3) is 11.0 Å². The average molecular weight is 428 g/mol. The molecule has 0 bridgehead atoms. The van der Waals surface area contributed by atoms with Crippen LogP contribution in [0, 0.1) is 13.8 Å². The third kappa shape index (κ3) is 5.18. The van der Waals surface area contributed by atoms with Gasteiger partial charge in [0.25, 0.3) is 0 Å². The van der Waals surface area contributed by atoms with E-state index in [1.54, 1.807) is 6.07 Å². The second-order valence-corrected chi connectivity index (χ2v) is 9.28. The SMILES string of the molecule is CCNC(=NCc1ccc(S(C)(=O)=O)c(C)c1)NCCn1c(C)nc2ccccc21. The second-order valence-electron chi connectivity index (χ2n) is 7.29. The van der Waals surface area contributed by atoms with Crippen molar-refractivity contribution in [2.75, 3.05) is 19.3 Å². The molecule has 0 unspecified atom stereocenters. The van der Waals surface area contributed by atoms with E-state index in [-0.39, 0.29) is 0 Å². The third-order valence-corrected chi connectivity index (χ3v) is 6.13. The van der Waals surface area contributed by atoms with Crippen LogP contribution in [0.5, 0.6) is 0 Å².